The molecular weight excluding hydrogens is 414 g/mol. The zero-order chi connectivity index (χ0) is 23.4. The first-order valence-electron chi connectivity index (χ1n) is 11.4. The number of amides is 2. The molecule has 1 aliphatic heterocycles. The van der Waals surface area contributed by atoms with E-state index in [2.05, 4.69) is 15.2 Å². The van der Waals surface area contributed by atoms with Crippen LogP contribution >= 0.6 is 0 Å². The maximum atomic E-state index is 13.7. The Balaban J connectivity index is 1.54. The first kappa shape index (κ1) is 22.9. The molecule has 4 rings (SSSR count). The molecule has 0 aliphatic carbocycles. The molecule has 1 fully saturated rings. The average Bonchev–Trinajstić information content (AvgIpc) is 3.02. The second kappa shape index (κ2) is 9.67. The highest BCUT2D eigenvalue weighted by Gasteiger charge is 2.24. The predicted molar refractivity (Wildman–Crippen MR) is 130 cm³/mol. The minimum atomic E-state index is -0.250. The number of benzene rings is 1. The normalized spacial score (nSPS) is 15.3. The Kier molecular flexibility index (Phi) is 6.70. The molecule has 0 spiro atoms. The van der Waals surface area contributed by atoms with E-state index in [0.29, 0.717) is 31.7 Å². The molecule has 7 nitrogen and oxygen atoms in total. The van der Waals surface area contributed by atoms with Gasteiger partial charge in [0.1, 0.15) is 0 Å². The van der Waals surface area contributed by atoms with Crippen LogP contribution in [-0.4, -0.2) is 69.8 Å². The van der Waals surface area contributed by atoms with Gasteiger partial charge >= 0.3 is 0 Å². The minimum absolute atomic E-state index is 0.00454. The number of pyridine rings is 2. The topological polar surface area (TPSA) is 78.4 Å². The largest absolute Gasteiger partial charge is 0.350 e. The van der Waals surface area contributed by atoms with Crippen LogP contribution in [0.3, 0.4) is 0 Å². The van der Waals surface area contributed by atoms with Crippen molar-refractivity contribution in [2.75, 3.05) is 32.7 Å². The van der Waals surface area contributed by atoms with Crippen LogP contribution in [-0.2, 0) is 4.79 Å². The van der Waals surface area contributed by atoms with Crippen molar-refractivity contribution in [3.63, 3.8) is 0 Å². The maximum Gasteiger partial charge on any atom is 0.254 e. The Bertz CT molecular complexity index is 1140. The number of fused-ring (bicyclic) bond motifs is 1. The van der Waals surface area contributed by atoms with E-state index >= 15 is 0 Å². The number of hydrogen-bond donors (Lipinski definition) is 1. The summed E-state index contributed by atoms with van der Waals surface area (Å²) in [5, 5.41) is 3.87. The summed E-state index contributed by atoms with van der Waals surface area (Å²) in [7, 11) is 0. The van der Waals surface area contributed by atoms with Crippen molar-refractivity contribution in [2.24, 2.45) is 0 Å². The number of nitrogens with one attached hydrogen (secondary N) is 1. The van der Waals surface area contributed by atoms with Gasteiger partial charge in [-0.15, -0.1) is 0 Å². The fourth-order valence-corrected chi connectivity index (χ4v) is 4.19. The number of carbonyl (C=O) groups excluding carboxylic acids is 2. The van der Waals surface area contributed by atoms with Gasteiger partial charge in [-0.25, -0.2) is 4.98 Å². The molecule has 1 aliphatic rings. The van der Waals surface area contributed by atoms with Crippen LogP contribution < -0.4 is 5.32 Å². The highest BCUT2D eigenvalue weighted by atomic mass is 16.2. The quantitative estimate of drug-likeness (QED) is 0.666. The lowest BCUT2D eigenvalue weighted by atomic mass is 10.0. The number of rotatable bonds is 4. The van der Waals surface area contributed by atoms with E-state index in [1.807, 2.05) is 68.1 Å². The average molecular weight is 446 g/mol. The number of aromatic nitrogens is 2. The molecule has 7 heteroatoms. The van der Waals surface area contributed by atoms with Crippen LogP contribution in [0.4, 0.5) is 0 Å². The van der Waals surface area contributed by atoms with Crippen LogP contribution in [0.25, 0.3) is 22.2 Å². The summed E-state index contributed by atoms with van der Waals surface area (Å²) >= 11 is 0. The molecule has 33 heavy (non-hydrogen) atoms. The molecule has 1 N–H and O–H groups in total. The van der Waals surface area contributed by atoms with Crippen LogP contribution in [0.1, 0.15) is 37.6 Å². The number of nitrogens with zero attached hydrogens (tertiary/aromatic N) is 4. The number of para-hydroxylation sites is 1. The molecule has 1 aromatic carbocycles. The van der Waals surface area contributed by atoms with Gasteiger partial charge in [0.05, 0.1) is 23.3 Å². The monoisotopic (exact) mass is 445 g/mol. The summed E-state index contributed by atoms with van der Waals surface area (Å²) in [5.41, 5.74) is 2.89. The fourth-order valence-electron chi connectivity index (χ4n) is 4.19. The van der Waals surface area contributed by atoms with Gasteiger partial charge in [-0.3, -0.25) is 19.5 Å². The maximum absolute atomic E-state index is 13.7. The summed E-state index contributed by atoms with van der Waals surface area (Å²) < 4.78 is 0. The summed E-state index contributed by atoms with van der Waals surface area (Å²) in [6.45, 7) is 9.00. The Morgan fingerprint density at radius 1 is 1.00 bits per heavy atom. The van der Waals surface area contributed by atoms with Crippen molar-refractivity contribution in [3.05, 3.63) is 60.4 Å². The molecule has 0 radical (unpaired) electrons. The van der Waals surface area contributed by atoms with Gasteiger partial charge in [-0.1, -0.05) is 18.2 Å². The van der Waals surface area contributed by atoms with E-state index in [4.69, 9.17) is 4.98 Å². The lowest BCUT2D eigenvalue weighted by Gasteiger charge is -2.25. The molecule has 0 atom stereocenters. The van der Waals surface area contributed by atoms with E-state index in [1.165, 1.54) is 0 Å². The van der Waals surface area contributed by atoms with Crippen LogP contribution in [0, 0.1) is 0 Å². The zero-order valence-electron chi connectivity index (χ0n) is 19.5. The molecule has 172 valence electrons. The van der Waals surface area contributed by atoms with Gasteiger partial charge in [0, 0.05) is 55.1 Å². The Morgan fingerprint density at radius 2 is 1.76 bits per heavy atom. The molecule has 2 aromatic heterocycles. The highest BCUT2D eigenvalue weighted by Crippen LogP contribution is 2.26. The second-order valence-corrected chi connectivity index (χ2v) is 9.53. The highest BCUT2D eigenvalue weighted by molar-refractivity contribution is 6.07. The lowest BCUT2D eigenvalue weighted by molar-refractivity contribution is -0.123. The van der Waals surface area contributed by atoms with Gasteiger partial charge in [0.2, 0.25) is 5.91 Å². The summed E-state index contributed by atoms with van der Waals surface area (Å²) in [4.78, 5) is 38.9. The Hall–Kier alpha value is -3.32. The SMILES string of the molecule is CC(C)(C)NC(=O)CN1CCCN(C(=O)c2cc(-c3ccncc3)nc3ccccc23)CC1. The Morgan fingerprint density at radius 3 is 2.52 bits per heavy atom. The van der Waals surface area contributed by atoms with E-state index in [1.54, 1.807) is 12.4 Å². The van der Waals surface area contributed by atoms with E-state index in [0.717, 1.165) is 35.1 Å². The van der Waals surface area contributed by atoms with Crippen molar-refractivity contribution < 1.29 is 9.59 Å². The van der Waals surface area contributed by atoms with Crippen molar-refractivity contribution in [2.45, 2.75) is 32.7 Å². The molecule has 0 bridgehead atoms. The van der Waals surface area contributed by atoms with Crippen LogP contribution in [0.2, 0.25) is 0 Å². The van der Waals surface area contributed by atoms with Crippen LogP contribution in [0.5, 0.6) is 0 Å². The molecular formula is C26H31N5O2. The standard InChI is InChI=1S/C26H31N5O2/c1-26(2,3)29-24(32)18-30-13-6-14-31(16-15-30)25(33)21-17-23(19-9-11-27-12-10-19)28-22-8-5-4-7-20(21)22/h4-5,7-12,17H,6,13-16,18H2,1-3H3,(H,29,32). The summed E-state index contributed by atoms with van der Waals surface area (Å²) in [6.07, 6.45) is 4.29. The third-order valence-electron chi connectivity index (χ3n) is 5.68. The first-order valence-corrected chi connectivity index (χ1v) is 11.4. The van der Waals surface area contributed by atoms with E-state index < -0.39 is 0 Å². The summed E-state index contributed by atoms with van der Waals surface area (Å²) in [6, 6.07) is 13.5. The number of hydrogen-bond acceptors (Lipinski definition) is 5. The number of carbonyl (C=O) groups is 2. The molecule has 2 amide bonds. The molecule has 3 heterocycles. The van der Waals surface area contributed by atoms with Crippen molar-refractivity contribution in [3.8, 4) is 11.3 Å². The summed E-state index contributed by atoms with van der Waals surface area (Å²) in [5.74, 6) is 0.0225. The van der Waals surface area contributed by atoms with E-state index in [9.17, 15) is 9.59 Å². The zero-order valence-corrected chi connectivity index (χ0v) is 19.5. The van der Waals surface area contributed by atoms with Crippen LogP contribution in [0.15, 0.2) is 54.9 Å². The van der Waals surface area contributed by atoms with E-state index in [-0.39, 0.29) is 17.4 Å². The lowest BCUT2D eigenvalue weighted by Crippen LogP contribution is -2.46. The molecule has 3 aromatic rings. The van der Waals surface area contributed by atoms with Gasteiger partial charge in [-0.05, 0) is 51.5 Å². The predicted octanol–water partition coefficient (Wildman–Crippen LogP) is 3.36. The van der Waals surface area contributed by atoms with Crippen molar-refractivity contribution in [1.82, 2.24) is 25.1 Å². The molecule has 0 unspecified atom stereocenters. The third kappa shape index (κ3) is 5.73. The van der Waals surface area contributed by atoms with Crippen molar-refractivity contribution >= 4 is 22.7 Å². The van der Waals surface area contributed by atoms with Gasteiger partial charge in [0.25, 0.3) is 5.91 Å². The fraction of sp³-hybridized carbons (Fsp3) is 0.385. The molecule has 1 saturated heterocycles. The van der Waals surface area contributed by atoms with Gasteiger partial charge in [-0.2, -0.15) is 0 Å². The minimum Gasteiger partial charge on any atom is -0.350 e. The third-order valence-corrected chi connectivity index (χ3v) is 5.68. The van der Waals surface area contributed by atoms with Gasteiger partial charge in [0.15, 0.2) is 0 Å². The van der Waals surface area contributed by atoms with Gasteiger partial charge < -0.3 is 10.2 Å². The molecule has 0 saturated carbocycles. The second-order valence-electron chi connectivity index (χ2n) is 9.53. The first-order chi connectivity index (χ1) is 15.8. The smallest absolute Gasteiger partial charge is 0.254 e. The van der Waals surface area contributed by atoms with Crippen molar-refractivity contribution in [1.29, 1.82) is 0 Å². The Labute approximate surface area is 194 Å².